The smallest absolute Gasteiger partial charge is 0.267 e. The molecule has 0 atom stereocenters. The molecule has 0 aliphatic carbocycles. The molecular weight excluding hydrogens is 448 g/mol. The van der Waals surface area contributed by atoms with Gasteiger partial charge in [0.1, 0.15) is 5.69 Å². The van der Waals surface area contributed by atoms with Crippen LogP contribution in [0, 0.1) is 6.92 Å². The predicted molar refractivity (Wildman–Crippen MR) is 116 cm³/mol. The first kappa shape index (κ1) is 19.7. The molecular formula is C21H17BrN6O2. The number of fused-ring (bicyclic) bond motifs is 1. The first-order valence-corrected chi connectivity index (χ1v) is 9.87. The number of primary amides is 1. The lowest BCUT2D eigenvalue weighted by Gasteiger charge is -2.09. The van der Waals surface area contributed by atoms with E-state index in [1.165, 1.54) is 6.07 Å². The first-order chi connectivity index (χ1) is 14.4. The van der Waals surface area contributed by atoms with E-state index >= 15 is 0 Å². The van der Waals surface area contributed by atoms with Crippen molar-refractivity contribution < 1.29 is 9.59 Å². The zero-order valence-corrected chi connectivity index (χ0v) is 17.5. The monoisotopic (exact) mass is 464 g/mol. The van der Waals surface area contributed by atoms with Crippen molar-refractivity contribution >= 4 is 44.5 Å². The van der Waals surface area contributed by atoms with Crippen molar-refractivity contribution in [3.63, 3.8) is 0 Å². The molecule has 0 unspecified atom stereocenters. The summed E-state index contributed by atoms with van der Waals surface area (Å²) >= 11 is 3.41. The lowest BCUT2D eigenvalue weighted by atomic mass is 10.1. The van der Waals surface area contributed by atoms with Crippen molar-refractivity contribution in [3.8, 4) is 0 Å². The quantitative estimate of drug-likeness (QED) is 0.469. The standard InChI is InChI=1S/C21H17BrN6O2/c1-12-20(26-27-28(12)11-13-6-8-14(22)9-7-13)25-21(30)16-10-18(19(23)29)24-17-5-3-2-4-15(16)17/h2-10H,11H2,1H3,(H2,23,29)(H,25,30). The van der Waals surface area contributed by atoms with Gasteiger partial charge >= 0.3 is 0 Å². The summed E-state index contributed by atoms with van der Waals surface area (Å²) in [6, 6.07) is 16.3. The molecule has 4 rings (SSSR count). The van der Waals surface area contributed by atoms with Gasteiger partial charge in [-0.15, -0.1) is 5.10 Å². The third-order valence-electron chi connectivity index (χ3n) is 4.67. The Morgan fingerprint density at radius 2 is 1.87 bits per heavy atom. The summed E-state index contributed by atoms with van der Waals surface area (Å²) < 4.78 is 2.70. The van der Waals surface area contributed by atoms with Crippen LogP contribution in [0.1, 0.15) is 32.1 Å². The summed E-state index contributed by atoms with van der Waals surface area (Å²) in [5.74, 6) is -0.778. The third-order valence-corrected chi connectivity index (χ3v) is 5.20. The summed E-state index contributed by atoms with van der Waals surface area (Å²) in [5.41, 5.74) is 7.95. The molecule has 2 aromatic carbocycles. The minimum Gasteiger partial charge on any atom is -0.364 e. The molecule has 8 nitrogen and oxygen atoms in total. The fourth-order valence-electron chi connectivity index (χ4n) is 3.05. The molecule has 0 fully saturated rings. The second-order valence-corrected chi connectivity index (χ2v) is 7.61. The van der Waals surface area contributed by atoms with Gasteiger partial charge in [0.2, 0.25) is 0 Å². The third kappa shape index (κ3) is 3.92. The Bertz CT molecular complexity index is 1270. The topological polar surface area (TPSA) is 116 Å². The zero-order valence-electron chi connectivity index (χ0n) is 16.0. The van der Waals surface area contributed by atoms with Crippen molar-refractivity contribution in [1.29, 1.82) is 0 Å². The van der Waals surface area contributed by atoms with Gasteiger partial charge in [-0.05, 0) is 36.8 Å². The number of nitrogens with zero attached hydrogens (tertiary/aromatic N) is 4. The minimum absolute atomic E-state index is 0.0227. The second kappa shape index (κ2) is 8.03. The zero-order chi connectivity index (χ0) is 21.3. The number of carbonyl (C=O) groups is 2. The van der Waals surface area contributed by atoms with Crippen molar-refractivity contribution in [1.82, 2.24) is 20.0 Å². The highest BCUT2D eigenvalue weighted by atomic mass is 79.9. The maximum Gasteiger partial charge on any atom is 0.267 e. The fourth-order valence-corrected chi connectivity index (χ4v) is 3.32. The second-order valence-electron chi connectivity index (χ2n) is 6.70. The molecule has 3 N–H and O–H groups in total. The summed E-state index contributed by atoms with van der Waals surface area (Å²) in [7, 11) is 0. The summed E-state index contributed by atoms with van der Waals surface area (Å²) in [5, 5.41) is 11.6. The largest absolute Gasteiger partial charge is 0.364 e. The number of nitrogens with two attached hydrogens (primary N) is 1. The van der Waals surface area contributed by atoms with Gasteiger partial charge in [-0.25, -0.2) is 9.67 Å². The van der Waals surface area contributed by atoms with Gasteiger partial charge in [0.05, 0.1) is 23.3 Å². The van der Waals surface area contributed by atoms with Crippen LogP contribution in [0.4, 0.5) is 5.82 Å². The van der Waals surface area contributed by atoms with Crippen LogP contribution < -0.4 is 11.1 Å². The Hall–Kier alpha value is -3.59. The van der Waals surface area contributed by atoms with E-state index in [9.17, 15) is 9.59 Å². The maximum absolute atomic E-state index is 13.0. The number of nitrogens with one attached hydrogen (secondary N) is 1. The number of pyridine rings is 1. The van der Waals surface area contributed by atoms with Gasteiger partial charge in [0, 0.05) is 9.86 Å². The number of rotatable bonds is 5. The number of aromatic nitrogens is 4. The van der Waals surface area contributed by atoms with Crippen LogP contribution in [0.15, 0.2) is 59.1 Å². The number of para-hydroxylation sites is 1. The van der Waals surface area contributed by atoms with Crippen molar-refractivity contribution in [3.05, 3.63) is 81.6 Å². The molecule has 0 aliphatic heterocycles. The van der Waals surface area contributed by atoms with E-state index in [1.54, 1.807) is 28.9 Å². The van der Waals surface area contributed by atoms with E-state index in [1.807, 2.05) is 31.2 Å². The van der Waals surface area contributed by atoms with Crippen LogP contribution in [0.5, 0.6) is 0 Å². The van der Waals surface area contributed by atoms with Crippen LogP contribution in [-0.2, 0) is 6.54 Å². The lowest BCUT2D eigenvalue weighted by Crippen LogP contribution is -2.18. The van der Waals surface area contributed by atoms with Crippen LogP contribution >= 0.6 is 15.9 Å². The molecule has 2 aromatic heterocycles. The minimum atomic E-state index is -0.702. The maximum atomic E-state index is 13.0. The number of carbonyl (C=O) groups excluding carboxylic acids is 2. The predicted octanol–water partition coefficient (Wildman–Crippen LogP) is 3.30. The molecule has 0 saturated carbocycles. The van der Waals surface area contributed by atoms with E-state index in [-0.39, 0.29) is 11.3 Å². The average Bonchev–Trinajstić information content (AvgIpc) is 3.08. The Morgan fingerprint density at radius 3 is 2.60 bits per heavy atom. The Kier molecular flexibility index (Phi) is 5.28. The van der Waals surface area contributed by atoms with Gasteiger partial charge in [-0.3, -0.25) is 9.59 Å². The average molecular weight is 465 g/mol. The Labute approximate surface area is 180 Å². The van der Waals surface area contributed by atoms with E-state index in [4.69, 9.17) is 5.73 Å². The highest BCUT2D eigenvalue weighted by molar-refractivity contribution is 9.10. The number of anilines is 1. The molecule has 30 heavy (non-hydrogen) atoms. The molecule has 0 aliphatic rings. The number of benzene rings is 2. The van der Waals surface area contributed by atoms with Crippen LogP contribution in [-0.4, -0.2) is 31.8 Å². The SMILES string of the molecule is Cc1c(NC(=O)c2cc(C(N)=O)nc3ccccc23)nnn1Cc1ccc(Br)cc1. The van der Waals surface area contributed by atoms with Crippen molar-refractivity contribution in [2.75, 3.05) is 5.32 Å². The van der Waals surface area contributed by atoms with E-state index in [0.717, 1.165) is 10.0 Å². The van der Waals surface area contributed by atoms with Crippen molar-refractivity contribution in [2.24, 2.45) is 5.73 Å². The molecule has 2 heterocycles. The summed E-state index contributed by atoms with van der Waals surface area (Å²) in [6.45, 7) is 2.35. The highest BCUT2D eigenvalue weighted by Gasteiger charge is 2.18. The van der Waals surface area contributed by atoms with Gasteiger partial charge in [0.15, 0.2) is 5.82 Å². The Morgan fingerprint density at radius 1 is 1.13 bits per heavy atom. The molecule has 2 amide bonds. The first-order valence-electron chi connectivity index (χ1n) is 9.08. The number of hydrogen-bond acceptors (Lipinski definition) is 5. The van der Waals surface area contributed by atoms with Crippen LogP contribution in [0.25, 0.3) is 10.9 Å². The normalized spacial score (nSPS) is 10.9. The summed E-state index contributed by atoms with van der Waals surface area (Å²) in [4.78, 5) is 28.8. The van der Waals surface area contributed by atoms with Crippen LogP contribution in [0.3, 0.4) is 0 Å². The molecule has 4 aromatic rings. The lowest BCUT2D eigenvalue weighted by molar-refractivity contribution is 0.0996. The summed E-state index contributed by atoms with van der Waals surface area (Å²) in [6.07, 6.45) is 0. The van der Waals surface area contributed by atoms with Gasteiger partial charge in [0.25, 0.3) is 11.8 Å². The highest BCUT2D eigenvalue weighted by Crippen LogP contribution is 2.21. The van der Waals surface area contributed by atoms with Crippen molar-refractivity contribution in [2.45, 2.75) is 13.5 Å². The number of amides is 2. The molecule has 0 bridgehead atoms. The van der Waals surface area contributed by atoms with E-state index in [2.05, 4.69) is 36.5 Å². The molecule has 0 spiro atoms. The molecule has 0 radical (unpaired) electrons. The number of halogens is 1. The van der Waals surface area contributed by atoms with Gasteiger partial charge in [-0.1, -0.05) is 51.5 Å². The van der Waals surface area contributed by atoms with E-state index in [0.29, 0.717) is 29.0 Å². The number of hydrogen-bond donors (Lipinski definition) is 2. The molecule has 9 heteroatoms. The molecule has 150 valence electrons. The Balaban J connectivity index is 1.62. The van der Waals surface area contributed by atoms with Crippen LogP contribution in [0.2, 0.25) is 0 Å². The molecule has 0 saturated heterocycles. The van der Waals surface area contributed by atoms with Gasteiger partial charge in [-0.2, -0.15) is 0 Å². The fraction of sp³-hybridized carbons (Fsp3) is 0.0952. The van der Waals surface area contributed by atoms with Gasteiger partial charge < -0.3 is 11.1 Å². The van der Waals surface area contributed by atoms with E-state index < -0.39 is 11.8 Å².